The summed E-state index contributed by atoms with van der Waals surface area (Å²) in [5.41, 5.74) is 1.76. The Labute approximate surface area is 192 Å². The first kappa shape index (κ1) is 20.5. The number of ether oxygens (including phenoxy) is 1. The number of carbonyl (C=O) groups excluding carboxylic acids is 1. The third-order valence-corrected chi connectivity index (χ3v) is 6.50. The van der Waals surface area contributed by atoms with E-state index in [1.165, 1.54) is 16.2 Å². The molecule has 0 N–H and O–H groups in total. The molecule has 0 fully saturated rings. The fourth-order valence-corrected chi connectivity index (χ4v) is 4.70. The van der Waals surface area contributed by atoms with Crippen LogP contribution >= 0.6 is 22.9 Å². The summed E-state index contributed by atoms with van der Waals surface area (Å²) < 4.78 is 11.7. The van der Waals surface area contributed by atoms with Crippen LogP contribution in [0.4, 0.5) is 5.13 Å². The second-order valence-corrected chi connectivity index (χ2v) is 8.62. The molecule has 3 heterocycles. The van der Waals surface area contributed by atoms with Gasteiger partial charge in [0.05, 0.1) is 17.0 Å². The molecule has 5 rings (SSSR count). The van der Waals surface area contributed by atoms with Crippen LogP contribution in [-0.4, -0.2) is 17.5 Å². The van der Waals surface area contributed by atoms with Crippen molar-refractivity contribution in [2.24, 2.45) is 0 Å². The van der Waals surface area contributed by atoms with E-state index < -0.39 is 11.9 Å². The van der Waals surface area contributed by atoms with E-state index in [-0.39, 0.29) is 16.8 Å². The largest absolute Gasteiger partial charge is 0.490 e. The van der Waals surface area contributed by atoms with Gasteiger partial charge in [-0.3, -0.25) is 14.5 Å². The van der Waals surface area contributed by atoms with E-state index in [0.717, 1.165) is 5.56 Å². The minimum atomic E-state index is -0.711. The minimum Gasteiger partial charge on any atom is -0.490 e. The quantitative estimate of drug-likeness (QED) is 0.363. The molecule has 1 aliphatic heterocycles. The molecule has 2 aromatic heterocycles. The number of aryl methyl sites for hydroxylation is 1. The zero-order valence-corrected chi connectivity index (χ0v) is 18.6. The molecule has 6 nitrogen and oxygen atoms in total. The highest BCUT2D eigenvalue weighted by Gasteiger charge is 2.44. The summed E-state index contributed by atoms with van der Waals surface area (Å²) in [6.07, 6.45) is 3.27. The highest BCUT2D eigenvalue weighted by Crippen LogP contribution is 2.42. The van der Waals surface area contributed by atoms with Gasteiger partial charge in [-0.2, -0.15) is 0 Å². The molecule has 0 saturated carbocycles. The van der Waals surface area contributed by atoms with E-state index in [9.17, 15) is 9.59 Å². The maximum Gasteiger partial charge on any atom is 0.297 e. The number of benzene rings is 2. The van der Waals surface area contributed by atoms with Crippen LogP contribution in [0, 0.1) is 6.92 Å². The van der Waals surface area contributed by atoms with Gasteiger partial charge < -0.3 is 9.15 Å². The van der Waals surface area contributed by atoms with E-state index in [4.69, 9.17) is 20.8 Å². The second-order valence-electron chi connectivity index (χ2n) is 7.34. The Balaban J connectivity index is 1.77. The van der Waals surface area contributed by atoms with Crippen molar-refractivity contribution in [3.05, 3.63) is 98.3 Å². The average molecular weight is 465 g/mol. The maximum atomic E-state index is 13.6. The van der Waals surface area contributed by atoms with Crippen LogP contribution in [0.5, 0.6) is 5.75 Å². The number of halogens is 1. The fourth-order valence-electron chi connectivity index (χ4n) is 3.87. The molecule has 32 heavy (non-hydrogen) atoms. The highest BCUT2D eigenvalue weighted by molar-refractivity contribution is 7.13. The van der Waals surface area contributed by atoms with E-state index in [2.05, 4.69) is 11.6 Å². The molecule has 1 aliphatic rings. The van der Waals surface area contributed by atoms with Crippen LogP contribution in [0.15, 0.2) is 69.8 Å². The third kappa shape index (κ3) is 3.21. The van der Waals surface area contributed by atoms with Crippen LogP contribution in [0.1, 0.15) is 33.3 Å². The van der Waals surface area contributed by atoms with Gasteiger partial charge in [-0.05, 0) is 42.3 Å². The first-order valence-corrected chi connectivity index (χ1v) is 11.1. The summed E-state index contributed by atoms with van der Waals surface area (Å²) in [6.45, 7) is 5.82. The maximum absolute atomic E-state index is 13.6. The van der Waals surface area contributed by atoms with Crippen LogP contribution in [0.25, 0.3) is 11.0 Å². The van der Waals surface area contributed by atoms with Gasteiger partial charge in [-0.25, -0.2) is 4.98 Å². The summed E-state index contributed by atoms with van der Waals surface area (Å²) in [6, 6.07) is 9.84. The van der Waals surface area contributed by atoms with Crippen molar-refractivity contribution in [2.75, 3.05) is 11.5 Å². The molecular formula is C24H17ClN2O4S. The number of carbonyl (C=O) groups is 1. The lowest BCUT2D eigenvalue weighted by Crippen LogP contribution is -2.29. The fraction of sp³-hybridized carbons (Fsp3) is 0.125. The summed E-state index contributed by atoms with van der Waals surface area (Å²) in [4.78, 5) is 32.9. The Morgan fingerprint density at radius 1 is 1.31 bits per heavy atom. The van der Waals surface area contributed by atoms with Crippen molar-refractivity contribution in [3.63, 3.8) is 0 Å². The van der Waals surface area contributed by atoms with Crippen molar-refractivity contribution < 1.29 is 13.9 Å². The normalized spacial score (nSPS) is 15.2. The van der Waals surface area contributed by atoms with Gasteiger partial charge in [0.2, 0.25) is 5.76 Å². The van der Waals surface area contributed by atoms with Gasteiger partial charge in [0, 0.05) is 16.6 Å². The van der Waals surface area contributed by atoms with Crippen LogP contribution < -0.4 is 15.1 Å². The molecule has 2 aromatic carbocycles. The van der Waals surface area contributed by atoms with Crippen LogP contribution in [0.2, 0.25) is 5.02 Å². The van der Waals surface area contributed by atoms with E-state index in [1.54, 1.807) is 29.8 Å². The average Bonchev–Trinajstić information content (AvgIpc) is 3.41. The predicted octanol–water partition coefficient (Wildman–Crippen LogP) is 5.53. The van der Waals surface area contributed by atoms with Gasteiger partial charge in [0.25, 0.3) is 5.91 Å². The number of fused-ring (bicyclic) bond motifs is 2. The summed E-state index contributed by atoms with van der Waals surface area (Å²) >= 11 is 7.59. The van der Waals surface area contributed by atoms with Crippen molar-refractivity contribution in [1.29, 1.82) is 0 Å². The Morgan fingerprint density at radius 3 is 2.91 bits per heavy atom. The topological polar surface area (TPSA) is 72.6 Å². The van der Waals surface area contributed by atoms with E-state index in [0.29, 0.717) is 39.0 Å². The van der Waals surface area contributed by atoms with Gasteiger partial charge in [0.15, 0.2) is 10.6 Å². The second kappa shape index (κ2) is 7.93. The Kier molecular flexibility index (Phi) is 5.07. The predicted molar refractivity (Wildman–Crippen MR) is 125 cm³/mol. The molecule has 160 valence electrons. The number of thiazole rings is 1. The minimum absolute atomic E-state index is 0.0156. The van der Waals surface area contributed by atoms with Crippen molar-refractivity contribution >= 4 is 44.9 Å². The Morgan fingerprint density at radius 2 is 2.16 bits per heavy atom. The lowest BCUT2D eigenvalue weighted by Gasteiger charge is -2.23. The summed E-state index contributed by atoms with van der Waals surface area (Å²) in [5, 5.41) is 3.04. The number of aromatic nitrogens is 1. The van der Waals surface area contributed by atoms with Gasteiger partial charge in [0.1, 0.15) is 17.9 Å². The molecule has 0 aliphatic carbocycles. The smallest absolute Gasteiger partial charge is 0.297 e. The molecular weight excluding hydrogens is 448 g/mol. The zero-order valence-electron chi connectivity index (χ0n) is 17.0. The van der Waals surface area contributed by atoms with E-state index >= 15 is 0 Å². The molecule has 0 bridgehead atoms. The zero-order chi connectivity index (χ0) is 22.4. The SMILES string of the molecule is C=CCOc1cccc(C2c3c(oc4cc(C)c(Cl)cc4c3=O)C(=O)N2c2nccs2)c1. The van der Waals surface area contributed by atoms with Gasteiger partial charge >= 0.3 is 0 Å². The summed E-state index contributed by atoms with van der Waals surface area (Å²) in [7, 11) is 0. The van der Waals surface area contributed by atoms with Gasteiger partial charge in [-0.1, -0.05) is 36.4 Å². The lowest BCUT2D eigenvalue weighted by atomic mass is 9.98. The number of hydrogen-bond donors (Lipinski definition) is 0. The van der Waals surface area contributed by atoms with E-state index in [1.807, 2.05) is 31.2 Å². The number of amides is 1. The first-order valence-electron chi connectivity index (χ1n) is 9.83. The molecule has 0 spiro atoms. The Bertz CT molecular complexity index is 1430. The van der Waals surface area contributed by atoms with Crippen LogP contribution in [-0.2, 0) is 0 Å². The standard InChI is InChI=1S/C24H17ClN2O4S/c1-3-8-30-15-6-4-5-14(11-15)20-19-21(28)16-12-17(25)13(2)10-18(16)31-22(19)23(29)27(20)24-26-7-9-32-24/h3-7,9-12,20H,1,8H2,2H3. The first-order chi connectivity index (χ1) is 15.5. The summed E-state index contributed by atoms with van der Waals surface area (Å²) in [5.74, 6) is 0.206. The monoisotopic (exact) mass is 464 g/mol. The third-order valence-electron chi connectivity index (χ3n) is 5.32. The highest BCUT2D eigenvalue weighted by atomic mass is 35.5. The molecule has 0 saturated heterocycles. The lowest BCUT2D eigenvalue weighted by molar-refractivity contribution is 0.0971. The molecule has 1 unspecified atom stereocenters. The van der Waals surface area contributed by atoms with Gasteiger partial charge in [-0.15, -0.1) is 11.3 Å². The molecule has 1 amide bonds. The number of anilines is 1. The molecule has 4 aromatic rings. The van der Waals surface area contributed by atoms with Crippen molar-refractivity contribution in [1.82, 2.24) is 4.98 Å². The molecule has 0 radical (unpaired) electrons. The van der Waals surface area contributed by atoms with Crippen molar-refractivity contribution in [3.8, 4) is 5.75 Å². The molecule has 1 atom stereocenters. The number of hydrogen-bond acceptors (Lipinski definition) is 6. The van der Waals surface area contributed by atoms with Crippen LogP contribution in [0.3, 0.4) is 0 Å². The number of rotatable bonds is 5. The molecule has 8 heteroatoms. The number of nitrogens with zero attached hydrogens (tertiary/aromatic N) is 2. The van der Waals surface area contributed by atoms with Crippen molar-refractivity contribution in [2.45, 2.75) is 13.0 Å². The Hall–Kier alpha value is -3.42.